The SMILES string of the molecule is CNCc1ccc(-c2nnc(-c3nc(-c4ccc(S(=O)C5CCOCC5)cc4)cnc3C)o2)cc1. The van der Waals surface area contributed by atoms with Gasteiger partial charge in [0.1, 0.15) is 5.69 Å². The van der Waals surface area contributed by atoms with E-state index in [-0.39, 0.29) is 5.25 Å². The van der Waals surface area contributed by atoms with Crippen LogP contribution < -0.4 is 5.32 Å². The van der Waals surface area contributed by atoms with Gasteiger partial charge in [-0.25, -0.2) is 4.98 Å². The lowest BCUT2D eigenvalue weighted by molar-refractivity contribution is 0.0992. The van der Waals surface area contributed by atoms with Crippen LogP contribution in [0.4, 0.5) is 0 Å². The van der Waals surface area contributed by atoms with E-state index in [1.165, 1.54) is 5.56 Å². The van der Waals surface area contributed by atoms with Crippen molar-refractivity contribution in [3.05, 3.63) is 66.0 Å². The molecule has 35 heavy (non-hydrogen) atoms. The molecule has 2 aromatic heterocycles. The number of rotatable bonds is 7. The summed E-state index contributed by atoms with van der Waals surface area (Å²) in [6, 6.07) is 15.7. The molecular formula is C26H27N5O3S. The molecule has 0 bridgehead atoms. The number of nitrogens with zero attached hydrogens (tertiary/aromatic N) is 4. The lowest BCUT2D eigenvalue weighted by Gasteiger charge is -2.21. The molecule has 1 fully saturated rings. The highest BCUT2D eigenvalue weighted by molar-refractivity contribution is 7.85. The predicted octanol–water partition coefficient (Wildman–Crippen LogP) is 4.18. The van der Waals surface area contributed by atoms with Gasteiger partial charge in [0.2, 0.25) is 5.89 Å². The second-order valence-corrected chi connectivity index (χ2v) is 10.2. The van der Waals surface area contributed by atoms with Crippen LogP contribution in [0.5, 0.6) is 0 Å². The van der Waals surface area contributed by atoms with Crippen molar-refractivity contribution in [3.63, 3.8) is 0 Å². The number of ether oxygens (including phenoxy) is 1. The zero-order valence-corrected chi connectivity index (χ0v) is 20.5. The Hall–Kier alpha value is -3.27. The van der Waals surface area contributed by atoms with Gasteiger partial charge in [0.15, 0.2) is 0 Å². The molecule has 1 atom stereocenters. The van der Waals surface area contributed by atoms with E-state index in [1.54, 1.807) is 6.20 Å². The van der Waals surface area contributed by atoms with Crippen molar-refractivity contribution in [3.8, 4) is 34.3 Å². The smallest absolute Gasteiger partial charge is 0.268 e. The molecule has 1 aliphatic heterocycles. The summed E-state index contributed by atoms with van der Waals surface area (Å²) in [6.07, 6.45) is 3.38. The van der Waals surface area contributed by atoms with Gasteiger partial charge in [-0.2, -0.15) is 0 Å². The highest BCUT2D eigenvalue weighted by atomic mass is 32.2. The van der Waals surface area contributed by atoms with E-state index in [0.29, 0.717) is 42.1 Å². The molecule has 0 amide bonds. The summed E-state index contributed by atoms with van der Waals surface area (Å²) in [7, 11) is 0.871. The summed E-state index contributed by atoms with van der Waals surface area (Å²) in [5, 5.41) is 11.7. The lowest BCUT2D eigenvalue weighted by atomic mass is 10.1. The van der Waals surface area contributed by atoms with Crippen LogP contribution in [0.2, 0.25) is 0 Å². The van der Waals surface area contributed by atoms with Crippen LogP contribution in [0.15, 0.2) is 64.0 Å². The fourth-order valence-electron chi connectivity index (χ4n) is 4.04. The van der Waals surface area contributed by atoms with E-state index in [2.05, 4.69) is 20.5 Å². The molecule has 9 heteroatoms. The van der Waals surface area contributed by atoms with Crippen LogP contribution in [-0.2, 0) is 22.1 Å². The molecule has 5 rings (SSSR count). The fourth-order valence-corrected chi connectivity index (χ4v) is 5.45. The van der Waals surface area contributed by atoms with Crippen LogP contribution in [-0.4, -0.2) is 49.9 Å². The molecule has 4 aromatic rings. The molecule has 1 saturated heterocycles. The molecule has 0 saturated carbocycles. The standard InChI is InChI=1S/C26H27N5O3S/c1-17-24(26-31-30-25(34-26)20-5-3-18(4-6-20)15-27-2)29-23(16-28-17)19-7-9-21(10-8-19)35(32)22-11-13-33-14-12-22/h3-10,16,22,27H,11-15H2,1-2H3. The largest absolute Gasteiger partial charge is 0.415 e. The third-order valence-corrected chi connectivity index (χ3v) is 7.83. The molecule has 1 N–H and O–H groups in total. The summed E-state index contributed by atoms with van der Waals surface area (Å²) in [6.45, 7) is 4.01. The lowest BCUT2D eigenvalue weighted by Crippen LogP contribution is -2.24. The molecule has 2 aromatic carbocycles. The van der Waals surface area contributed by atoms with E-state index in [9.17, 15) is 4.21 Å². The third kappa shape index (κ3) is 5.22. The number of benzene rings is 2. The molecule has 8 nitrogen and oxygen atoms in total. The van der Waals surface area contributed by atoms with Crippen LogP contribution in [0, 0.1) is 6.92 Å². The number of aromatic nitrogens is 4. The van der Waals surface area contributed by atoms with Gasteiger partial charge in [-0.05, 0) is 56.6 Å². The summed E-state index contributed by atoms with van der Waals surface area (Å²) in [4.78, 5) is 10.1. The third-order valence-electron chi connectivity index (χ3n) is 6.02. The second kappa shape index (κ2) is 10.6. The van der Waals surface area contributed by atoms with Crippen molar-refractivity contribution in [2.24, 2.45) is 0 Å². The zero-order valence-electron chi connectivity index (χ0n) is 19.7. The van der Waals surface area contributed by atoms with Crippen molar-refractivity contribution in [1.29, 1.82) is 0 Å². The summed E-state index contributed by atoms with van der Waals surface area (Å²) >= 11 is 0. The monoisotopic (exact) mass is 489 g/mol. The van der Waals surface area contributed by atoms with E-state index in [4.69, 9.17) is 14.1 Å². The van der Waals surface area contributed by atoms with Gasteiger partial charge in [-0.1, -0.05) is 24.3 Å². The van der Waals surface area contributed by atoms with Gasteiger partial charge in [-0.15, -0.1) is 10.2 Å². The summed E-state index contributed by atoms with van der Waals surface area (Å²) < 4.78 is 24.2. The highest BCUT2D eigenvalue weighted by Crippen LogP contribution is 2.28. The van der Waals surface area contributed by atoms with Crippen LogP contribution in [0.25, 0.3) is 34.3 Å². The van der Waals surface area contributed by atoms with Crippen molar-refractivity contribution in [1.82, 2.24) is 25.5 Å². The molecule has 0 spiro atoms. The van der Waals surface area contributed by atoms with Gasteiger partial charge < -0.3 is 14.5 Å². The fraction of sp³-hybridized carbons (Fsp3) is 0.308. The molecule has 1 aliphatic rings. The first kappa shape index (κ1) is 23.5. The molecular weight excluding hydrogens is 462 g/mol. The number of hydrogen-bond acceptors (Lipinski definition) is 8. The maximum atomic E-state index is 12.9. The average Bonchev–Trinajstić information content (AvgIpc) is 3.40. The van der Waals surface area contributed by atoms with Gasteiger partial charge >= 0.3 is 0 Å². The summed E-state index contributed by atoms with van der Waals surface area (Å²) in [5.74, 6) is 0.756. The maximum Gasteiger partial charge on any atom is 0.268 e. The van der Waals surface area contributed by atoms with Gasteiger partial charge in [0.05, 0.1) is 28.4 Å². The Morgan fingerprint density at radius 3 is 2.37 bits per heavy atom. The van der Waals surface area contributed by atoms with E-state index < -0.39 is 10.8 Å². The van der Waals surface area contributed by atoms with Crippen molar-refractivity contribution >= 4 is 10.8 Å². The Balaban J connectivity index is 1.37. The molecule has 180 valence electrons. The molecule has 0 radical (unpaired) electrons. The first-order chi connectivity index (χ1) is 17.1. The van der Waals surface area contributed by atoms with Crippen molar-refractivity contribution in [2.45, 2.75) is 36.5 Å². The Kier molecular flexibility index (Phi) is 7.08. The van der Waals surface area contributed by atoms with E-state index >= 15 is 0 Å². The van der Waals surface area contributed by atoms with Crippen molar-refractivity contribution < 1.29 is 13.4 Å². The first-order valence-electron chi connectivity index (χ1n) is 11.6. The van der Waals surface area contributed by atoms with Crippen LogP contribution >= 0.6 is 0 Å². The van der Waals surface area contributed by atoms with Crippen LogP contribution in [0.1, 0.15) is 24.1 Å². The Morgan fingerprint density at radius 2 is 1.66 bits per heavy atom. The normalized spacial score (nSPS) is 15.3. The Labute approximate surface area is 206 Å². The highest BCUT2D eigenvalue weighted by Gasteiger charge is 2.22. The summed E-state index contributed by atoms with van der Waals surface area (Å²) in [5.41, 5.74) is 4.83. The van der Waals surface area contributed by atoms with Crippen LogP contribution in [0.3, 0.4) is 0 Å². The molecule has 3 heterocycles. The maximum absolute atomic E-state index is 12.9. The minimum atomic E-state index is -1.04. The second-order valence-electron chi connectivity index (χ2n) is 8.46. The van der Waals surface area contributed by atoms with Crippen molar-refractivity contribution in [2.75, 3.05) is 20.3 Å². The minimum absolute atomic E-state index is 0.145. The minimum Gasteiger partial charge on any atom is -0.415 e. The number of hydrogen-bond donors (Lipinski definition) is 1. The Bertz CT molecular complexity index is 1320. The molecule has 0 aliphatic carbocycles. The van der Waals surface area contributed by atoms with Gasteiger partial charge in [0, 0.05) is 41.0 Å². The first-order valence-corrected chi connectivity index (χ1v) is 12.8. The topological polar surface area (TPSA) is 103 Å². The number of nitrogens with one attached hydrogen (secondary N) is 1. The predicted molar refractivity (Wildman–Crippen MR) is 134 cm³/mol. The van der Waals surface area contributed by atoms with E-state index in [0.717, 1.165) is 35.4 Å². The Morgan fingerprint density at radius 1 is 0.971 bits per heavy atom. The van der Waals surface area contributed by atoms with E-state index in [1.807, 2.05) is 62.5 Å². The zero-order chi connectivity index (χ0) is 24.2. The van der Waals surface area contributed by atoms with Gasteiger partial charge in [0.25, 0.3) is 5.89 Å². The molecule has 1 unspecified atom stereocenters. The average molecular weight is 490 g/mol. The quantitative estimate of drug-likeness (QED) is 0.413. The number of aryl methyl sites for hydroxylation is 1. The van der Waals surface area contributed by atoms with Gasteiger partial charge in [-0.3, -0.25) is 9.19 Å².